The van der Waals surface area contributed by atoms with E-state index in [-0.39, 0.29) is 0 Å². The van der Waals surface area contributed by atoms with Crippen molar-refractivity contribution in [1.82, 2.24) is 4.98 Å². The lowest BCUT2D eigenvalue weighted by Gasteiger charge is -2.04. The summed E-state index contributed by atoms with van der Waals surface area (Å²) < 4.78 is 23.2. The van der Waals surface area contributed by atoms with Crippen LogP contribution in [0.25, 0.3) is 22.4 Å². The van der Waals surface area contributed by atoms with Gasteiger partial charge in [-0.1, -0.05) is 66.7 Å². The summed E-state index contributed by atoms with van der Waals surface area (Å²) in [5.41, 5.74) is 6.74. The number of rotatable bonds is 5. The fraction of sp³-hybridized carbons (Fsp3) is 0.0833. The summed E-state index contributed by atoms with van der Waals surface area (Å²) in [6.07, 6.45) is 2.04. The lowest BCUT2D eigenvalue weighted by Crippen LogP contribution is -1.96. The van der Waals surface area contributed by atoms with E-state index >= 15 is 0 Å². The minimum Gasteiger partial charge on any atom is -0.358 e. The predicted octanol–water partition coefficient (Wildman–Crippen LogP) is 5.34. The smallest absolute Gasteiger partial charge is 0.175 e. The molecule has 0 aliphatic carbocycles. The molecule has 3 aromatic carbocycles. The largest absolute Gasteiger partial charge is 0.358 e. The summed E-state index contributed by atoms with van der Waals surface area (Å²) >= 11 is 0. The molecule has 0 spiro atoms. The first-order chi connectivity index (χ1) is 13.5. The van der Waals surface area contributed by atoms with Gasteiger partial charge < -0.3 is 4.98 Å². The van der Waals surface area contributed by atoms with Gasteiger partial charge in [-0.15, -0.1) is 0 Å². The van der Waals surface area contributed by atoms with Crippen molar-refractivity contribution in [3.8, 4) is 22.4 Å². The van der Waals surface area contributed by atoms with Crippen LogP contribution >= 0.6 is 0 Å². The summed E-state index contributed by atoms with van der Waals surface area (Å²) in [7, 11) is -3.17. The van der Waals surface area contributed by atoms with Gasteiger partial charge in [0.25, 0.3) is 0 Å². The van der Waals surface area contributed by atoms with Gasteiger partial charge in [0.05, 0.1) is 4.90 Å². The van der Waals surface area contributed by atoms with Crippen LogP contribution in [0.3, 0.4) is 0 Å². The number of hydrogen-bond acceptors (Lipinski definition) is 2. The summed E-state index contributed by atoms with van der Waals surface area (Å²) in [6.45, 7) is 0. The number of benzene rings is 3. The van der Waals surface area contributed by atoms with Gasteiger partial charge in [0, 0.05) is 24.1 Å². The van der Waals surface area contributed by atoms with Crippen molar-refractivity contribution in [2.24, 2.45) is 0 Å². The Morgan fingerprint density at radius 2 is 1.29 bits per heavy atom. The van der Waals surface area contributed by atoms with Gasteiger partial charge in [0.2, 0.25) is 0 Å². The Hall–Kier alpha value is -3.11. The molecule has 0 radical (unpaired) electrons. The van der Waals surface area contributed by atoms with Gasteiger partial charge in [-0.05, 0) is 46.5 Å². The van der Waals surface area contributed by atoms with Crippen molar-refractivity contribution in [1.29, 1.82) is 0 Å². The number of nitrogens with one attached hydrogen (secondary N) is 1. The first-order valence-corrected chi connectivity index (χ1v) is 11.0. The van der Waals surface area contributed by atoms with Crippen molar-refractivity contribution in [3.63, 3.8) is 0 Å². The third kappa shape index (κ3) is 4.07. The SMILES string of the molecule is CS(=O)(=O)c1ccc(-c2ccc(Cc3ccc(-c4ccccc4)cc3)[nH]2)cc1. The zero-order valence-electron chi connectivity index (χ0n) is 15.6. The van der Waals surface area contributed by atoms with E-state index in [1.54, 1.807) is 12.1 Å². The van der Waals surface area contributed by atoms with Crippen LogP contribution < -0.4 is 0 Å². The molecule has 1 heterocycles. The number of H-pyrrole nitrogens is 1. The van der Waals surface area contributed by atoms with Crippen molar-refractivity contribution in [2.45, 2.75) is 11.3 Å². The molecule has 0 unspecified atom stereocenters. The average Bonchev–Trinajstić information content (AvgIpc) is 3.17. The normalized spacial score (nSPS) is 11.5. The third-order valence-electron chi connectivity index (χ3n) is 4.80. The van der Waals surface area contributed by atoms with Crippen LogP contribution in [-0.2, 0) is 16.3 Å². The van der Waals surface area contributed by atoms with Crippen LogP contribution in [0.1, 0.15) is 11.3 Å². The summed E-state index contributed by atoms with van der Waals surface area (Å²) in [6, 6.07) is 30.0. The Labute approximate surface area is 165 Å². The van der Waals surface area contributed by atoms with Gasteiger partial charge in [-0.3, -0.25) is 0 Å². The molecule has 0 saturated carbocycles. The number of hydrogen-bond donors (Lipinski definition) is 1. The second-order valence-electron chi connectivity index (χ2n) is 6.93. The van der Waals surface area contributed by atoms with E-state index in [0.717, 1.165) is 23.4 Å². The summed E-state index contributed by atoms with van der Waals surface area (Å²) in [5, 5.41) is 0. The van der Waals surface area contributed by atoms with E-state index in [0.29, 0.717) is 4.90 Å². The second kappa shape index (κ2) is 7.49. The van der Waals surface area contributed by atoms with Crippen LogP contribution in [0.15, 0.2) is 95.9 Å². The molecule has 0 aliphatic heterocycles. The van der Waals surface area contributed by atoms with Gasteiger partial charge in [-0.2, -0.15) is 0 Å². The van der Waals surface area contributed by atoms with Gasteiger partial charge in [-0.25, -0.2) is 8.42 Å². The monoisotopic (exact) mass is 387 g/mol. The maximum atomic E-state index is 11.6. The lowest BCUT2D eigenvalue weighted by atomic mass is 10.0. The van der Waals surface area contributed by atoms with E-state index in [2.05, 4.69) is 47.4 Å². The van der Waals surface area contributed by atoms with Crippen molar-refractivity contribution in [3.05, 3.63) is 102 Å². The highest BCUT2D eigenvalue weighted by Gasteiger charge is 2.08. The zero-order chi connectivity index (χ0) is 19.6. The molecule has 28 heavy (non-hydrogen) atoms. The highest BCUT2D eigenvalue weighted by molar-refractivity contribution is 7.90. The Morgan fingerprint density at radius 1 is 0.679 bits per heavy atom. The van der Waals surface area contributed by atoms with E-state index in [1.165, 1.54) is 22.9 Å². The standard InChI is InChI=1S/C24H21NO2S/c1-28(26,27)23-14-11-21(12-15-23)24-16-13-22(25-24)17-18-7-9-20(10-8-18)19-5-3-2-4-6-19/h2-16,25H,17H2,1H3. The lowest BCUT2D eigenvalue weighted by molar-refractivity contribution is 0.602. The van der Waals surface area contributed by atoms with Crippen molar-refractivity contribution < 1.29 is 8.42 Å². The fourth-order valence-corrected chi connectivity index (χ4v) is 3.89. The van der Waals surface area contributed by atoms with E-state index < -0.39 is 9.84 Å². The molecule has 0 fully saturated rings. The molecule has 0 saturated heterocycles. The summed E-state index contributed by atoms with van der Waals surface area (Å²) in [5.74, 6) is 0. The topological polar surface area (TPSA) is 49.9 Å². The van der Waals surface area contributed by atoms with Crippen LogP contribution in [-0.4, -0.2) is 19.7 Å². The van der Waals surface area contributed by atoms with Crippen LogP contribution in [0.5, 0.6) is 0 Å². The predicted molar refractivity (Wildman–Crippen MR) is 114 cm³/mol. The van der Waals surface area contributed by atoms with Gasteiger partial charge in [0.1, 0.15) is 0 Å². The van der Waals surface area contributed by atoms with Gasteiger partial charge >= 0.3 is 0 Å². The first kappa shape index (κ1) is 18.3. The minimum absolute atomic E-state index is 0.335. The quantitative estimate of drug-likeness (QED) is 0.502. The molecule has 0 aliphatic rings. The average molecular weight is 388 g/mol. The zero-order valence-corrected chi connectivity index (χ0v) is 16.4. The van der Waals surface area contributed by atoms with E-state index in [9.17, 15) is 8.42 Å². The Bertz CT molecular complexity index is 1170. The van der Waals surface area contributed by atoms with Crippen molar-refractivity contribution >= 4 is 9.84 Å². The molecule has 4 aromatic rings. The Kier molecular flexibility index (Phi) is 4.88. The van der Waals surface area contributed by atoms with E-state index in [4.69, 9.17) is 0 Å². The maximum Gasteiger partial charge on any atom is 0.175 e. The molecular formula is C24H21NO2S. The highest BCUT2D eigenvalue weighted by Crippen LogP contribution is 2.23. The molecule has 1 aromatic heterocycles. The molecule has 4 rings (SSSR count). The van der Waals surface area contributed by atoms with Crippen LogP contribution in [0.4, 0.5) is 0 Å². The molecule has 0 amide bonds. The Balaban J connectivity index is 1.49. The van der Waals surface area contributed by atoms with E-state index in [1.807, 2.05) is 36.4 Å². The number of aromatic amines is 1. The highest BCUT2D eigenvalue weighted by atomic mass is 32.2. The van der Waals surface area contributed by atoms with Gasteiger partial charge in [0.15, 0.2) is 9.84 Å². The Morgan fingerprint density at radius 3 is 1.93 bits per heavy atom. The number of sulfone groups is 1. The molecule has 0 atom stereocenters. The molecule has 1 N–H and O–H groups in total. The molecule has 0 bridgehead atoms. The second-order valence-corrected chi connectivity index (χ2v) is 8.95. The van der Waals surface area contributed by atoms with Crippen LogP contribution in [0, 0.1) is 0 Å². The molecule has 4 heteroatoms. The molecular weight excluding hydrogens is 366 g/mol. The van der Waals surface area contributed by atoms with Crippen LogP contribution in [0.2, 0.25) is 0 Å². The molecule has 140 valence electrons. The first-order valence-electron chi connectivity index (χ1n) is 9.12. The maximum absolute atomic E-state index is 11.6. The summed E-state index contributed by atoms with van der Waals surface area (Å²) in [4.78, 5) is 3.77. The minimum atomic E-state index is -3.17. The third-order valence-corrected chi connectivity index (χ3v) is 5.92. The number of aromatic nitrogens is 1. The molecule has 3 nitrogen and oxygen atoms in total. The fourth-order valence-electron chi connectivity index (χ4n) is 3.26. The van der Waals surface area contributed by atoms with Crippen molar-refractivity contribution in [2.75, 3.05) is 6.26 Å².